The molecule has 1 saturated heterocycles. The van der Waals surface area contributed by atoms with Gasteiger partial charge in [0, 0.05) is 19.3 Å². The average Bonchev–Trinajstić information content (AvgIpc) is 3.13. The van der Waals surface area contributed by atoms with Crippen LogP contribution in [-0.4, -0.2) is 39.8 Å². The molecule has 0 bridgehead atoms. The number of nitrogens with two attached hydrogens (primary N) is 1. The molecule has 1 aromatic carbocycles. The summed E-state index contributed by atoms with van der Waals surface area (Å²) in [6.45, 7) is 17.3. The predicted molar refractivity (Wildman–Crippen MR) is 117 cm³/mol. The number of benzene rings is 1. The number of hydrogen-bond acceptors (Lipinski definition) is 4. The highest BCUT2D eigenvalue weighted by Crippen LogP contribution is 2.33. The van der Waals surface area contributed by atoms with E-state index in [1.54, 1.807) is 18.3 Å². The van der Waals surface area contributed by atoms with Crippen LogP contribution < -0.4 is 10.6 Å². The lowest BCUT2D eigenvalue weighted by Crippen LogP contribution is -2.50. The first-order valence-corrected chi connectivity index (χ1v) is 9.39. The van der Waals surface area contributed by atoms with Gasteiger partial charge in [-0.2, -0.15) is 0 Å². The molecule has 3 aromatic rings. The molecule has 0 radical (unpaired) electrons. The van der Waals surface area contributed by atoms with Crippen molar-refractivity contribution in [1.29, 1.82) is 0 Å². The maximum absolute atomic E-state index is 13.9. The fourth-order valence-corrected chi connectivity index (χ4v) is 3.72. The summed E-state index contributed by atoms with van der Waals surface area (Å²) in [6.07, 6.45) is 0.884. The van der Waals surface area contributed by atoms with Crippen molar-refractivity contribution in [2.24, 2.45) is 5.73 Å². The molecule has 1 aliphatic heterocycles. The maximum atomic E-state index is 13.9. The molecule has 0 unspecified atom stereocenters. The second kappa shape index (κ2) is 8.66. The highest BCUT2D eigenvalue weighted by molar-refractivity contribution is 5.85. The SMILES string of the molecule is Cl.[C-]#[N+]c1ccc([C@H](C)n2c(N3CC[C@@H](F)[C@H](N)C3)nc3ccc([N+]#[C-])cc32)nc1. The van der Waals surface area contributed by atoms with Gasteiger partial charge < -0.3 is 15.2 Å². The minimum Gasteiger partial charge on any atom is -0.340 e. The Labute approximate surface area is 180 Å². The zero-order valence-corrected chi connectivity index (χ0v) is 17.2. The van der Waals surface area contributed by atoms with Crippen LogP contribution in [0.3, 0.4) is 0 Å². The molecule has 1 fully saturated rings. The molecule has 3 atom stereocenters. The van der Waals surface area contributed by atoms with E-state index in [1.807, 2.05) is 34.6 Å². The van der Waals surface area contributed by atoms with Crippen LogP contribution >= 0.6 is 12.4 Å². The zero-order valence-electron chi connectivity index (χ0n) is 16.4. The van der Waals surface area contributed by atoms with Gasteiger partial charge in [-0.15, -0.1) is 12.4 Å². The number of alkyl halides is 1. The summed E-state index contributed by atoms with van der Waals surface area (Å²) in [5, 5.41) is 0. The van der Waals surface area contributed by atoms with E-state index in [4.69, 9.17) is 23.9 Å². The van der Waals surface area contributed by atoms with Gasteiger partial charge in [0.25, 0.3) is 0 Å². The summed E-state index contributed by atoms with van der Waals surface area (Å²) in [4.78, 5) is 18.2. The summed E-state index contributed by atoms with van der Waals surface area (Å²) < 4.78 is 15.9. The van der Waals surface area contributed by atoms with E-state index in [9.17, 15) is 4.39 Å². The lowest BCUT2D eigenvalue weighted by molar-refractivity contribution is 0.243. The third-order valence-electron chi connectivity index (χ3n) is 5.35. The first kappa shape index (κ1) is 21.5. The molecule has 154 valence electrons. The summed E-state index contributed by atoms with van der Waals surface area (Å²) in [7, 11) is 0. The number of hydrogen-bond donors (Lipinski definition) is 1. The number of halogens is 2. The number of nitrogens with zero attached hydrogens (tertiary/aromatic N) is 6. The maximum Gasteiger partial charge on any atom is 0.207 e. The first-order chi connectivity index (χ1) is 14.0. The van der Waals surface area contributed by atoms with Crippen molar-refractivity contribution >= 4 is 40.8 Å². The monoisotopic (exact) mass is 425 g/mol. The Morgan fingerprint density at radius 2 is 1.93 bits per heavy atom. The Morgan fingerprint density at radius 1 is 1.20 bits per heavy atom. The lowest BCUT2D eigenvalue weighted by atomic mass is 10.1. The van der Waals surface area contributed by atoms with E-state index < -0.39 is 12.2 Å². The molecule has 3 heterocycles. The summed E-state index contributed by atoms with van der Waals surface area (Å²) in [5.74, 6) is 0.688. The Morgan fingerprint density at radius 3 is 2.57 bits per heavy atom. The zero-order chi connectivity index (χ0) is 20.5. The highest BCUT2D eigenvalue weighted by atomic mass is 35.5. The molecule has 4 rings (SSSR count). The molecule has 7 nitrogen and oxygen atoms in total. The predicted octanol–water partition coefficient (Wildman–Crippen LogP) is 4.44. The van der Waals surface area contributed by atoms with Gasteiger partial charge in [0.05, 0.1) is 42.0 Å². The van der Waals surface area contributed by atoms with Gasteiger partial charge in [0.2, 0.25) is 11.6 Å². The standard InChI is InChI=1S/C21H20FN7.ClH/c1-13(18-6-5-15(25-3)11-26-18)29-20-10-14(24-2)4-7-19(20)27-21(29)28-9-8-16(22)17(23)12-28;/h4-7,10-11,13,16-17H,8-9,12,23H2,1H3;1H/t13-,16+,17+;/m0./s1. The van der Waals surface area contributed by atoms with Crippen molar-refractivity contribution in [3.8, 4) is 0 Å². The summed E-state index contributed by atoms with van der Waals surface area (Å²) in [6, 6.07) is 8.17. The number of aromatic nitrogens is 3. The Balaban J connectivity index is 0.00000256. The van der Waals surface area contributed by atoms with Gasteiger partial charge in [-0.3, -0.25) is 4.98 Å². The van der Waals surface area contributed by atoms with Crippen LogP contribution in [0.1, 0.15) is 25.1 Å². The lowest BCUT2D eigenvalue weighted by Gasteiger charge is -2.34. The van der Waals surface area contributed by atoms with Crippen LogP contribution in [0, 0.1) is 13.1 Å². The smallest absolute Gasteiger partial charge is 0.207 e. The minimum absolute atomic E-state index is 0. The number of rotatable bonds is 3. The van der Waals surface area contributed by atoms with Crippen LogP contribution in [0.2, 0.25) is 0 Å². The fourth-order valence-electron chi connectivity index (χ4n) is 3.72. The number of imidazole rings is 1. The number of piperidine rings is 1. The van der Waals surface area contributed by atoms with Gasteiger partial charge in [-0.25, -0.2) is 19.1 Å². The van der Waals surface area contributed by atoms with Crippen LogP contribution in [0.25, 0.3) is 20.7 Å². The molecule has 2 aromatic heterocycles. The molecular formula is C21H21ClFN7. The minimum atomic E-state index is -1.02. The Hall–Kier alpha value is -3.20. The topological polar surface area (TPSA) is 68.7 Å². The normalized spacial score (nSPS) is 19.6. The van der Waals surface area contributed by atoms with Crippen LogP contribution in [0.15, 0.2) is 36.5 Å². The third-order valence-corrected chi connectivity index (χ3v) is 5.35. The average molecular weight is 426 g/mol. The van der Waals surface area contributed by atoms with Crippen LogP contribution in [0.4, 0.5) is 21.7 Å². The van der Waals surface area contributed by atoms with E-state index in [0.29, 0.717) is 36.8 Å². The van der Waals surface area contributed by atoms with Crippen molar-refractivity contribution in [3.05, 3.63) is 65.1 Å². The molecule has 1 aliphatic rings. The van der Waals surface area contributed by atoms with E-state index in [1.165, 1.54) is 0 Å². The van der Waals surface area contributed by atoms with Crippen LogP contribution in [-0.2, 0) is 0 Å². The van der Waals surface area contributed by atoms with Crippen LogP contribution in [0.5, 0.6) is 0 Å². The van der Waals surface area contributed by atoms with Crippen molar-refractivity contribution in [2.45, 2.75) is 31.6 Å². The summed E-state index contributed by atoms with van der Waals surface area (Å²) in [5.41, 5.74) is 9.32. The molecule has 2 N–H and O–H groups in total. The van der Waals surface area contributed by atoms with E-state index in [-0.39, 0.29) is 18.4 Å². The van der Waals surface area contributed by atoms with E-state index >= 15 is 0 Å². The van der Waals surface area contributed by atoms with Gasteiger partial charge in [0.15, 0.2) is 5.69 Å². The van der Waals surface area contributed by atoms with Crippen molar-refractivity contribution in [3.63, 3.8) is 0 Å². The molecule has 0 saturated carbocycles. The second-order valence-electron chi connectivity index (χ2n) is 7.21. The number of anilines is 1. The Bertz CT molecular complexity index is 1130. The largest absolute Gasteiger partial charge is 0.340 e. The van der Waals surface area contributed by atoms with Gasteiger partial charge in [0.1, 0.15) is 6.17 Å². The molecular weight excluding hydrogens is 405 g/mol. The molecule has 9 heteroatoms. The van der Waals surface area contributed by atoms with Crippen molar-refractivity contribution in [1.82, 2.24) is 14.5 Å². The first-order valence-electron chi connectivity index (χ1n) is 9.39. The van der Waals surface area contributed by atoms with Crippen molar-refractivity contribution in [2.75, 3.05) is 18.0 Å². The van der Waals surface area contributed by atoms with Crippen molar-refractivity contribution < 1.29 is 4.39 Å². The molecule has 30 heavy (non-hydrogen) atoms. The fraction of sp³-hybridized carbons (Fsp3) is 0.333. The summed E-state index contributed by atoms with van der Waals surface area (Å²) >= 11 is 0. The van der Waals surface area contributed by atoms with Gasteiger partial charge >= 0.3 is 0 Å². The molecule has 0 amide bonds. The van der Waals surface area contributed by atoms with Gasteiger partial charge in [-0.05, 0) is 31.5 Å². The van der Waals surface area contributed by atoms with E-state index in [2.05, 4.69) is 14.7 Å². The van der Waals surface area contributed by atoms with Gasteiger partial charge in [-0.1, -0.05) is 12.1 Å². The quantitative estimate of drug-likeness (QED) is 0.630. The highest BCUT2D eigenvalue weighted by Gasteiger charge is 2.30. The number of pyridine rings is 1. The number of fused-ring (bicyclic) bond motifs is 1. The second-order valence-corrected chi connectivity index (χ2v) is 7.21. The van der Waals surface area contributed by atoms with E-state index in [0.717, 1.165) is 16.7 Å². The third kappa shape index (κ3) is 3.80. The molecule has 0 aliphatic carbocycles. The molecule has 0 spiro atoms. The Kier molecular flexibility index (Phi) is 6.21.